The van der Waals surface area contributed by atoms with Crippen molar-refractivity contribution in [3.05, 3.63) is 41.7 Å². The zero-order chi connectivity index (χ0) is 17.5. The van der Waals surface area contributed by atoms with E-state index in [0.29, 0.717) is 17.9 Å². The zero-order valence-corrected chi connectivity index (χ0v) is 14.1. The Bertz CT molecular complexity index is 892. The van der Waals surface area contributed by atoms with Crippen LogP contribution in [0.4, 0.5) is 4.39 Å². The lowest BCUT2D eigenvalue weighted by Gasteiger charge is -2.22. The lowest BCUT2D eigenvalue weighted by Crippen LogP contribution is -2.47. The number of sulfone groups is 1. The summed E-state index contributed by atoms with van der Waals surface area (Å²) in [5.74, 6) is -0.523. The van der Waals surface area contributed by atoms with Crippen molar-refractivity contribution >= 4 is 15.7 Å². The van der Waals surface area contributed by atoms with E-state index in [0.717, 1.165) is 0 Å². The first kappa shape index (κ1) is 16.6. The second-order valence-corrected chi connectivity index (χ2v) is 8.41. The molecule has 1 fully saturated rings. The first-order chi connectivity index (χ1) is 11.2. The predicted molar refractivity (Wildman–Crippen MR) is 85.2 cm³/mol. The van der Waals surface area contributed by atoms with E-state index in [2.05, 4.69) is 15.4 Å². The second-order valence-electron chi connectivity index (χ2n) is 6.23. The van der Waals surface area contributed by atoms with Gasteiger partial charge in [0.15, 0.2) is 9.84 Å². The number of nitrogens with zero attached hydrogens (tertiary/aromatic N) is 3. The van der Waals surface area contributed by atoms with E-state index in [4.69, 9.17) is 0 Å². The Labute approximate surface area is 138 Å². The molecule has 0 spiro atoms. The molecule has 24 heavy (non-hydrogen) atoms. The Morgan fingerprint density at radius 2 is 2.00 bits per heavy atom. The average Bonchev–Trinajstić information content (AvgIpc) is 3.00. The molecule has 1 aliphatic rings. The molecule has 7 nitrogen and oxygen atoms in total. The van der Waals surface area contributed by atoms with Gasteiger partial charge in [0.1, 0.15) is 11.6 Å². The van der Waals surface area contributed by atoms with Crippen LogP contribution in [0.15, 0.2) is 24.3 Å². The number of carbonyl (C=O) groups excluding carboxylic acids is 1. The summed E-state index contributed by atoms with van der Waals surface area (Å²) in [6.45, 7) is 3.37. The van der Waals surface area contributed by atoms with Gasteiger partial charge in [-0.1, -0.05) is 0 Å². The van der Waals surface area contributed by atoms with Crippen molar-refractivity contribution in [1.29, 1.82) is 0 Å². The zero-order valence-electron chi connectivity index (χ0n) is 13.3. The summed E-state index contributed by atoms with van der Waals surface area (Å²) >= 11 is 0. The number of halogens is 1. The Kier molecular flexibility index (Phi) is 3.90. The van der Waals surface area contributed by atoms with Gasteiger partial charge in [-0.3, -0.25) is 4.79 Å². The van der Waals surface area contributed by atoms with Gasteiger partial charge in [0, 0.05) is 0 Å². The molecule has 2 heterocycles. The molecule has 9 heteroatoms. The van der Waals surface area contributed by atoms with Crippen LogP contribution in [0.1, 0.15) is 29.8 Å². The van der Waals surface area contributed by atoms with Crippen LogP contribution in [-0.2, 0) is 9.84 Å². The molecule has 1 amide bonds. The Balaban J connectivity index is 1.82. The minimum Gasteiger partial charge on any atom is -0.343 e. The smallest absolute Gasteiger partial charge is 0.291 e. The fourth-order valence-corrected chi connectivity index (χ4v) is 4.85. The van der Waals surface area contributed by atoms with Crippen LogP contribution in [0.5, 0.6) is 0 Å². The number of aromatic nitrogens is 3. The quantitative estimate of drug-likeness (QED) is 0.890. The molecule has 0 radical (unpaired) electrons. The third-order valence-corrected chi connectivity index (χ3v) is 5.86. The minimum atomic E-state index is -3.13. The van der Waals surface area contributed by atoms with Crippen molar-refractivity contribution in [3.8, 4) is 5.69 Å². The second kappa shape index (κ2) is 5.66. The molecule has 2 aromatic rings. The van der Waals surface area contributed by atoms with E-state index < -0.39 is 21.3 Å². The van der Waals surface area contributed by atoms with Gasteiger partial charge in [-0.25, -0.2) is 22.5 Å². The lowest BCUT2D eigenvalue weighted by atomic mass is 10.0. The molecule has 0 saturated carbocycles. The van der Waals surface area contributed by atoms with E-state index in [1.54, 1.807) is 13.8 Å². The molecule has 0 bridgehead atoms. The first-order valence-corrected chi connectivity index (χ1v) is 9.22. The molecule has 128 valence electrons. The van der Waals surface area contributed by atoms with E-state index in [1.165, 1.54) is 28.9 Å². The van der Waals surface area contributed by atoms with E-state index >= 15 is 0 Å². The molecule has 0 unspecified atom stereocenters. The molecule has 1 saturated heterocycles. The summed E-state index contributed by atoms with van der Waals surface area (Å²) in [6.07, 6.45) is 0.360. The molecule has 0 aliphatic carbocycles. The van der Waals surface area contributed by atoms with Gasteiger partial charge in [0.25, 0.3) is 5.91 Å². The molecule has 1 aromatic heterocycles. The predicted octanol–water partition coefficient (Wildman–Crippen LogP) is 1.02. The van der Waals surface area contributed by atoms with Crippen LogP contribution < -0.4 is 5.32 Å². The summed E-state index contributed by atoms with van der Waals surface area (Å²) in [7, 11) is -3.13. The van der Waals surface area contributed by atoms with Crippen LogP contribution in [0.3, 0.4) is 0 Å². The van der Waals surface area contributed by atoms with Crippen LogP contribution in [0, 0.1) is 12.7 Å². The van der Waals surface area contributed by atoms with Crippen LogP contribution in [0.25, 0.3) is 5.69 Å². The van der Waals surface area contributed by atoms with Gasteiger partial charge in [-0.15, -0.1) is 5.10 Å². The lowest BCUT2D eigenvalue weighted by molar-refractivity contribution is 0.0904. The molecule has 1 atom stereocenters. The number of benzene rings is 1. The average molecular weight is 352 g/mol. The van der Waals surface area contributed by atoms with Gasteiger partial charge < -0.3 is 5.32 Å². The van der Waals surface area contributed by atoms with E-state index in [-0.39, 0.29) is 23.1 Å². The standard InChI is InChI=1S/C15H17FN4O3S/c1-10-17-13(19-20(10)12-5-3-11(16)4-6-12)14(21)18-15(2)7-8-24(22,23)9-15/h3-6H,7-9H2,1-2H3,(H,18,21)/t15-/m0/s1. The summed E-state index contributed by atoms with van der Waals surface area (Å²) in [5, 5.41) is 6.85. The van der Waals surface area contributed by atoms with Gasteiger partial charge in [-0.05, 0) is 44.5 Å². The number of carbonyl (C=O) groups is 1. The highest BCUT2D eigenvalue weighted by atomic mass is 32.2. The number of rotatable bonds is 3. The summed E-state index contributed by atoms with van der Waals surface area (Å²) in [5.41, 5.74) is -0.236. The van der Waals surface area contributed by atoms with Crippen LogP contribution in [-0.4, -0.2) is 46.1 Å². The molecular formula is C15H17FN4O3S. The highest BCUT2D eigenvalue weighted by molar-refractivity contribution is 7.91. The topological polar surface area (TPSA) is 93.9 Å². The first-order valence-electron chi connectivity index (χ1n) is 7.40. The van der Waals surface area contributed by atoms with Crippen molar-refractivity contribution in [2.24, 2.45) is 0 Å². The number of hydrogen-bond donors (Lipinski definition) is 1. The Hall–Kier alpha value is -2.29. The van der Waals surface area contributed by atoms with Crippen LogP contribution >= 0.6 is 0 Å². The van der Waals surface area contributed by atoms with Crippen molar-refractivity contribution in [3.63, 3.8) is 0 Å². The minimum absolute atomic E-state index is 0.0534. The third-order valence-electron chi connectivity index (χ3n) is 3.96. The van der Waals surface area contributed by atoms with Gasteiger partial charge in [-0.2, -0.15) is 0 Å². The third kappa shape index (κ3) is 3.30. The fraction of sp³-hybridized carbons (Fsp3) is 0.400. The number of amides is 1. The number of hydrogen-bond acceptors (Lipinski definition) is 5. The molecule has 1 aromatic carbocycles. The Morgan fingerprint density at radius 3 is 2.58 bits per heavy atom. The van der Waals surface area contributed by atoms with Gasteiger partial charge >= 0.3 is 0 Å². The molecule has 1 N–H and O–H groups in total. The van der Waals surface area contributed by atoms with E-state index in [9.17, 15) is 17.6 Å². The van der Waals surface area contributed by atoms with Crippen LogP contribution in [0.2, 0.25) is 0 Å². The maximum absolute atomic E-state index is 13.0. The molecule has 1 aliphatic heterocycles. The van der Waals surface area contributed by atoms with E-state index in [1.807, 2.05) is 0 Å². The maximum Gasteiger partial charge on any atom is 0.291 e. The van der Waals surface area contributed by atoms with Gasteiger partial charge in [0.2, 0.25) is 5.82 Å². The maximum atomic E-state index is 13.0. The monoisotopic (exact) mass is 352 g/mol. The van der Waals surface area contributed by atoms with Crippen molar-refractivity contribution in [2.45, 2.75) is 25.8 Å². The number of nitrogens with one attached hydrogen (secondary N) is 1. The summed E-state index contributed by atoms with van der Waals surface area (Å²) in [4.78, 5) is 16.5. The normalized spacial score (nSPS) is 22.5. The van der Waals surface area contributed by atoms with Crippen molar-refractivity contribution in [2.75, 3.05) is 11.5 Å². The largest absolute Gasteiger partial charge is 0.343 e. The Morgan fingerprint density at radius 1 is 1.33 bits per heavy atom. The highest BCUT2D eigenvalue weighted by Crippen LogP contribution is 2.23. The molecule has 3 rings (SSSR count). The molecular weight excluding hydrogens is 335 g/mol. The van der Waals surface area contributed by atoms with Gasteiger partial charge in [0.05, 0.1) is 22.7 Å². The SMILES string of the molecule is Cc1nc(C(=O)N[C@@]2(C)CCS(=O)(=O)C2)nn1-c1ccc(F)cc1. The fourth-order valence-electron chi connectivity index (χ4n) is 2.75. The highest BCUT2D eigenvalue weighted by Gasteiger charge is 2.40. The number of aryl methyl sites for hydroxylation is 1. The summed E-state index contributed by atoms with van der Waals surface area (Å²) < 4.78 is 37.7. The van der Waals surface area contributed by atoms with Crippen molar-refractivity contribution in [1.82, 2.24) is 20.1 Å². The summed E-state index contributed by atoms with van der Waals surface area (Å²) in [6, 6.07) is 5.65. The van der Waals surface area contributed by atoms with Crippen molar-refractivity contribution < 1.29 is 17.6 Å².